The maximum atomic E-state index is 10.7. The molecule has 0 amide bonds. The lowest BCUT2D eigenvalue weighted by atomic mass is 9.64. The third-order valence-corrected chi connectivity index (χ3v) is 4.34. The number of ether oxygens (including phenoxy) is 1. The van der Waals surface area contributed by atoms with E-state index in [2.05, 4.69) is 11.1 Å². The van der Waals surface area contributed by atoms with Gasteiger partial charge in [-0.2, -0.15) is 0 Å². The summed E-state index contributed by atoms with van der Waals surface area (Å²) in [4.78, 5) is 4.50. The van der Waals surface area contributed by atoms with Crippen LogP contribution in [0.2, 0.25) is 0 Å². The molecule has 17 heavy (non-hydrogen) atoms. The van der Waals surface area contributed by atoms with E-state index in [4.69, 9.17) is 4.74 Å². The summed E-state index contributed by atoms with van der Waals surface area (Å²) in [5.74, 6) is 0.207. The van der Waals surface area contributed by atoms with Crippen LogP contribution < -0.4 is 0 Å². The third kappa shape index (κ3) is 1.78. The first-order valence-corrected chi connectivity index (χ1v) is 6.42. The molecule has 2 aliphatic carbocycles. The first kappa shape index (κ1) is 11.2. The lowest BCUT2D eigenvalue weighted by molar-refractivity contribution is -0.144. The fourth-order valence-corrected chi connectivity index (χ4v) is 3.31. The summed E-state index contributed by atoms with van der Waals surface area (Å²) in [6, 6.07) is 4.13. The van der Waals surface area contributed by atoms with Crippen LogP contribution in [0.4, 0.5) is 0 Å². The summed E-state index contributed by atoms with van der Waals surface area (Å²) in [5, 5.41) is 10.7. The van der Waals surface area contributed by atoms with E-state index in [0.717, 1.165) is 37.8 Å². The first-order valence-electron chi connectivity index (χ1n) is 6.42. The Morgan fingerprint density at radius 2 is 2.29 bits per heavy atom. The normalized spacial score (nSPS) is 36.1. The second kappa shape index (κ2) is 4.07. The van der Waals surface area contributed by atoms with Crippen molar-refractivity contribution in [2.75, 3.05) is 7.11 Å². The largest absolute Gasteiger partial charge is 0.389 e. The number of aliphatic hydroxyl groups is 1. The Kier molecular flexibility index (Phi) is 2.68. The van der Waals surface area contributed by atoms with Gasteiger partial charge in [-0.1, -0.05) is 6.07 Å². The molecule has 1 saturated carbocycles. The summed E-state index contributed by atoms with van der Waals surface area (Å²) >= 11 is 0. The summed E-state index contributed by atoms with van der Waals surface area (Å²) in [5.41, 5.74) is 1.86. The minimum Gasteiger partial charge on any atom is -0.389 e. The zero-order chi connectivity index (χ0) is 11.9. The van der Waals surface area contributed by atoms with Gasteiger partial charge in [0, 0.05) is 37.8 Å². The summed E-state index contributed by atoms with van der Waals surface area (Å²) in [6.45, 7) is 0. The Balaban J connectivity index is 1.86. The lowest BCUT2D eigenvalue weighted by Crippen LogP contribution is -2.53. The molecule has 3 rings (SSSR count). The fourth-order valence-electron chi connectivity index (χ4n) is 3.31. The van der Waals surface area contributed by atoms with Gasteiger partial charge >= 0.3 is 0 Å². The van der Waals surface area contributed by atoms with Gasteiger partial charge in [-0.05, 0) is 30.9 Å². The zero-order valence-corrected chi connectivity index (χ0v) is 10.2. The van der Waals surface area contributed by atoms with Crippen molar-refractivity contribution in [1.82, 2.24) is 4.98 Å². The zero-order valence-electron chi connectivity index (χ0n) is 10.2. The molecule has 0 radical (unpaired) electrons. The molecule has 3 nitrogen and oxygen atoms in total. The first-order chi connectivity index (χ1) is 8.23. The Hall–Kier alpha value is -0.930. The molecule has 1 aromatic rings. The highest BCUT2D eigenvalue weighted by Gasteiger charge is 2.50. The molecule has 92 valence electrons. The Morgan fingerprint density at radius 3 is 3.06 bits per heavy atom. The molecule has 1 N–H and O–H groups in total. The molecule has 0 saturated heterocycles. The molecular formula is C14H19NO2. The van der Waals surface area contributed by atoms with Crippen LogP contribution in [0.3, 0.4) is 0 Å². The van der Waals surface area contributed by atoms with E-state index in [1.807, 2.05) is 12.3 Å². The molecular weight excluding hydrogens is 214 g/mol. The lowest BCUT2D eigenvalue weighted by Gasteiger charge is -2.49. The number of hydrogen-bond donors (Lipinski definition) is 1. The van der Waals surface area contributed by atoms with Crippen molar-refractivity contribution >= 4 is 0 Å². The van der Waals surface area contributed by atoms with Gasteiger partial charge in [0.15, 0.2) is 0 Å². The molecule has 0 aromatic carbocycles. The molecule has 1 unspecified atom stereocenters. The van der Waals surface area contributed by atoms with E-state index >= 15 is 0 Å². The number of fused-ring (bicyclic) bond motifs is 1. The SMILES string of the molecule is COC1CC(O)(C2CCCc3cccnc32)C1. The van der Waals surface area contributed by atoms with Crippen LogP contribution in [-0.4, -0.2) is 28.9 Å². The molecule has 3 heteroatoms. The van der Waals surface area contributed by atoms with Gasteiger partial charge in [0.05, 0.1) is 11.7 Å². The predicted molar refractivity (Wildman–Crippen MR) is 64.9 cm³/mol. The molecule has 1 heterocycles. The van der Waals surface area contributed by atoms with Crippen LogP contribution in [0.5, 0.6) is 0 Å². The van der Waals surface area contributed by atoms with Gasteiger partial charge < -0.3 is 9.84 Å². The molecule has 0 bridgehead atoms. The fraction of sp³-hybridized carbons (Fsp3) is 0.643. The maximum absolute atomic E-state index is 10.7. The Morgan fingerprint density at radius 1 is 1.47 bits per heavy atom. The number of methoxy groups -OCH3 is 1. The Bertz CT molecular complexity index is 412. The van der Waals surface area contributed by atoms with Crippen LogP contribution >= 0.6 is 0 Å². The number of rotatable bonds is 2. The average Bonchev–Trinajstić information content (AvgIpc) is 2.34. The van der Waals surface area contributed by atoms with E-state index in [9.17, 15) is 5.11 Å². The van der Waals surface area contributed by atoms with Crippen LogP contribution in [0.1, 0.15) is 42.9 Å². The highest BCUT2D eigenvalue weighted by molar-refractivity contribution is 5.30. The van der Waals surface area contributed by atoms with E-state index < -0.39 is 5.60 Å². The second-order valence-electron chi connectivity index (χ2n) is 5.36. The predicted octanol–water partition coefficient (Wildman–Crippen LogP) is 2.04. The van der Waals surface area contributed by atoms with E-state index in [-0.39, 0.29) is 12.0 Å². The summed E-state index contributed by atoms with van der Waals surface area (Å²) < 4.78 is 5.28. The monoisotopic (exact) mass is 233 g/mol. The molecule has 1 aromatic heterocycles. The highest BCUT2D eigenvalue weighted by Crippen LogP contribution is 2.48. The molecule has 2 aliphatic rings. The van der Waals surface area contributed by atoms with Gasteiger partial charge in [-0.25, -0.2) is 0 Å². The van der Waals surface area contributed by atoms with Crippen LogP contribution in [0.25, 0.3) is 0 Å². The Labute approximate surface area is 102 Å². The highest BCUT2D eigenvalue weighted by atomic mass is 16.5. The van der Waals surface area contributed by atoms with E-state index in [1.54, 1.807) is 7.11 Å². The van der Waals surface area contributed by atoms with Crippen LogP contribution in [0.15, 0.2) is 18.3 Å². The van der Waals surface area contributed by atoms with Crippen molar-refractivity contribution in [3.05, 3.63) is 29.6 Å². The molecule has 0 spiro atoms. The number of pyridine rings is 1. The van der Waals surface area contributed by atoms with Crippen molar-refractivity contribution in [2.24, 2.45) is 0 Å². The summed E-state index contributed by atoms with van der Waals surface area (Å²) in [7, 11) is 1.72. The van der Waals surface area contributed by atoms with Crippen LogP contribution in [0, 0.1) is 0 Å². The van der Waals surface area contributed by atoms with Gasteiger partial charge in [-0.3, -0.25) is 4.98 Å². The standard InChI is InChI=1S/C14H19NO2/c1-17-11-8-14(16,9-11)12-6-2-4-10-5-3-7-15-13(10)12/h3,5,7,11-12,16H,2,4,6,8-9H2,1H3. The quantitative estimate of drug-likeness (QED) is 0.850. The minimum atomic E-state index is -0.579. The number of aryl methyl sites for hydroxylation is 1. The van der Waals surface area contributed by atoms with Crippen LogP contribution in [-0.2, 0) is 11.2 Å². The van der Waals surface area contributed by atoms with Crippen molar-refractivity contribution < 1.29 is 9.84 Å². The number of aromatic nitrogens is 1. The topological polar surface area (TPSA) is 42.4 Å². The van der Waals surface area contributed by atoms with E-state index in [0.29, 0.717) is 0 Å². The smallest absolute Gasteiger partial charge is 0.0780 e. The summed E-state index contributed by atoms with van der Waals surface area (Å²) in [6.07, 6.45) is 6.89. The number of hydrogen-bond acceptors (Lipinski definition) is 3. The van der Waals surface area contributed by atoms with E-state index in [1.165, 1.54) is 5.56 Å². The van der Waals surface area contributed by atoms with Crippen molar-refractivity contribution in [2.45, 2.75) is 49.7 Å². The third-order valence-electron chi connectivity index (χ3n) is 4.34. The molecule has 0 aliphatic heterocycles. The van der Waals surface area contributed by atoms with Gasteiger partial charge in [0.2, 0.25) is 0 Å². The van der Waals surface area contributed by atoms with Gasteiger partial charge in [0.25, 0.3) is 0 Å². The second-order valence-corrected chi connectivity index (χ2v) is 5.36. The van der Waals surface area contributed by atoms with Crippen molar-refractivity contribution in [1.29, 1.82) is 0 Å². The minimum absolute atomic E-state index is 0.207. The molecule has 1 fully saturated rings. The average molecular weight is 233 g/mol. The van der Waals surface area contributed by atoms with Gasteiger partial charge in [-0.15, -0.1) is 0 Å². The van der Waals surface area contributed by atoms with Crippen molar-refractivity contribution in [3.8, 4) is 0 Å². The molecule has 1 atom stereocenters. The number of nitrogens with zero attached hydrogens (tertiary/aromatic N) is 1. The maximum Gasteiger partial charge on any atom is 0.0780 e. The van der Waals surface area contributed by atoms with Crippen molar-refractivity contribution in [3.63, 3.8) is 0 Å². The van der Waals surface area contributed by atoms with Gasteiger partial charge in [0.1, 0.15) is 0 Å².